The molecule has 1 aromatic carbocycles. The number of anilines is 1. The first-order chi connectivity index (χ1) is 9.31. The van der Waals surface area contributed by atoms with E-state index < -0.39 is 28.6 Å². The fourth-order valence-corrected chi connectivity index (χ4v) is 2.04. The highest BCUT2D eigenvalue weighted by molar-refractivity contribution is 5.99. The fraction of sp³-hybridized carbons (Fsp3) is 0.385. The highest BCUT2D eigenvalue weighted by Crippen LogP contribution is 2.40. The Hall–Kier alpha value is -2.44. The number of nitrogens with zero attached hydrogens (tertiary/aromatic N) is 1. The van der Waals surface area contributed by atoms with Gasteiger partial charge in [0.25, 0.3) is 5.69 Å². The normalized spacial score (nSPS) is 20.3. The largest absolute Gasteiger partial charge is 0.481 e. The summed E-state index contributed by atoms with van der Waals surface area (Å²) in [6.45, 7) is 3.53. The molecule has 2 rings (SSSR count). The van der Waals surface area contributed by atoms with Crippen LogP contribution in [-0.4, -0.2) is 21.9 Å². The minimum absolute atomic E-state index is 0.110. The van der Waals surface area contributed by atoms with E-state index in [9.17, 15) is 19.7 Å². The zero-order valence-electron chi connectivity index (χ0n) is 11.0. The van der Waals surface area contributed by atoms with Crippen molar-refractivity contribution >= 4 is 23.3 Å². The van der Waals surface area contributed by atoms with Gasteiger partial charge in [0.15, 0.2) is 0 Å². The van der Waals surface area contributed by atoms with Crippen LogP contribution >= 0.6 is 0 Å². The molecule has 2 atom stereocenters. The molecular formula is C13H14N2O5. The Morgan fingerprint density at radius 2 is 1.90 bits per heavy atom. The van der Waals surface area contributed by atoms with Gasteiger partial charge in [-0.05, 0) is 37.5 Å². The molecule has 1 saturated carbocycles. The first-order valence-electron chi connectivity index (χ1n) is 6.10. The SMILES string of the molecule is Cc1cc(NC(=O)[C@@H]2C[C@@H]2C(=O)O)c([N+](=O)[O-])cc1C. The highest BCUT2D eigenvalue weighted by atomic mass is 16.6. The monoisotopic (exact) mass is 278 g/mol. The number of carbonyl (C=O) groups is 2. The van der Waals surface area contributed by atoms with Gasteiger partial charge in [-0.15, -0.1) is 0 Å². The summed E-state index contributed by atoms with van der Waals surface area (Å²) in [5, 5.41) is 22.2. The van der Waals surface area contributed by atoms with Gasteiger partial charge >= 0.3 is 5.97 Å². The molecule has 1 aliphatic rings. The van der Waals surface area contributed by atoms with Gasteiger partial charge in [0.2, 0.25) is 5.91 Å². The van der Waals surface area contributed by atoms with Gasteiger partial charge in [-0.3, -0.25) is 19.7 Å². The van der Waals surface area contributed by atoms with Crippen LogP contribution < -0.4 is 5.32 Å². The van der Waals surface area contributed by atoms with E-state index in [2.05, 4.69) is 5.32 Å². The molecular weight excluding hydrogens is 264 g/mol. The van der Waals surface area contributed by atoms with Crippen LogP contribution in [0.1, 0.15) is 17.5 Å². The number of hydrogen-bond donors (Lipinski definition) is 2. The number of aliphatic carboxylic acids is 1. The van der Waals surface area contributed by atoms with Gasteiger partial charge in [0.05, 0.1) is 16.8 Å². The first kappa shape index (κ1) is 14.0. The van der Waals surface area contributed by atoms with Crippen molar-refractivity contribution in [3.05, 3.63) is 33.4 Å². The number of carbonyl (C=O) groups excluding carboxylic acids is 1. The molecule has 1 aliphatic carbocycles. The van der Waals surface area contributed by atoms with Crippen molar-refractivity contribution in [3.63, 3.8) is 0 Å². The minimum atomic E-state index is -1.01. The smallest absolute Gasteiger partial charge is 0.307 e. The van der Waals surface area contributed by atoms with Crippen LogP contribution in [0.15, 0.2) is 12.1 Å². The van der Waals surface area contributed by atoms with Gasteiger partial charge in [0, 0.05) is 6.07 Å². The number of hydrogen-bond acceptors (Lipinski definition) is 4. The van der Waals surface area contributed by atoms with Crippen molar-refractivity contribution in [3.8, 4) is 0 Å². The predicted molar refractivity (Wildman–Crippen MR) is 70.4 cm³/mol. The van der Waals surface area contributed by atoms with Gasteiger partial charge in [-0.1, -0.05) is 0 Å². The number of benzene rings is 1. The maximum Gasteiger partial charge on any atom is 0.307 e. The average molecular weight is 278 g/mol. The Bertz CT molecular complexity index is 611. The molecule has 0 heterocycles. The number of carboxylic acids is 1. The van der Waals surface area contributed by atoms with Gasteiger partial charge < -0.3 is 10.4 Å². The van der Waals surface area contributed by atoms with Gasteiger partial charge in [-0.2, -0.15) is 0 Å². The molecule has 7 nitrogen and oxygen atoms in total. The van der Waals surface area contributed by atoms with E-state index in [1.54, 1.807) is 13.8 Å². The fourth-order valence-electron chi connectivity index (χ4n) is 2.04. The molecule has 0 unspecified atom stereocenters. The molecule has 2 N–H and O–H groups in total. The lowest BCUT2D eigenvalue weighted by Gasteiger charge is -2.08. The summed E-state index contributed by atoms with van der Waals surface area (Å²) in [7, 11) is 0. The summed E-state index contributed by atoms with van der Waals surface area (Å²) in [6.07, 6.45) is 0.278. The van der Waals surface area contributed by atoms with Crippen LogP contribution in [-0.2, 0) is 9.59 Å². The Labute approximate surface area is 114 Å². The predicted octanol–water partition coefficient (Wildman–Crippen LogP) is 1.87. The molecule has 0 aromatic heterocycles. The van der Waals surface area contributed by atoms with Crippen molar-refractivity contribution < 1.29 is 19.6 Å². The quantitative estimate of drug-likeness (QED) is 0.645. The first-order valence-corrected chi connectivity index (χ1v) is 6.10. The lowest BCUT2D eigenvalue weighted by molar-refractivity contribution is -0.384. The molecule has 0 spiro atoms. The van der Waals surface area contributed by atoms with E-state index in [4.69, 9.17) is 5.11 Å². The number of carboxylic acid groups (broad SMARTS) is 1. The second kappa shape index (κ2) is 4.92. The molecule has 0 bridgehead atoms. The molecule has 1 amide bonds. The van der Waals surface area contributed by atoms with Crippen LogP contribution in [0.2, 0.25) is 0 Å². The summed E-state index contributed by atoms with van der Waals surface area (Å²) in [5.41, 5.74) is 1.49. The summed E-state index contributed by atoms with van der Waals surface area (Å²) in [5.74, 6) is -2.78. The summed E-state index contributed by atoms with van der Waals surface area (Å²) in [4.78, 5) is 33.0. The Kier molecular flexibility index (Phi) is 3.44. The number of aryl methyl sites for hydroxylation is 2. The number of amides is 1. The third kappa shape index (κ3) is 2.61. The van der Waals surface area contributed by atoms with Crippen LogP contribution in [0.5, 0.6) is 0 Å². The summed E-state index contributed by atoms with van der Waals surface area (Å²) >= 11 is 0. The van der Waals surface area contributed by atoms with E-state index in [-0.39, 0.29) is 17.8 Å². The Morgan fingerprint density at radius 3 is 2.40 bits per heavy atom. The highest BCUT2D eigenvalue weighted by Gasteiger charge is 2.48. The second-order valence-corrected chi connectivity index (χ2v) is 4.99. The number of rotatable bonds is 4. The van der Waals surface area contributed by atoms with E-state index in [1.165, 1.54) is 12.1 Å². The maximum absolute atomic E-state index is 11.9. The molecule has 20 heavy (non-hydrogen) atoms. The van der Waals surface area contributed by atoms with Crippen molar-refractivity contribution in [2.24, 2.45) is 11.8 Å². The third-order valence-corrected chi connectivity index (χ3v) is 3.51. The molecule has 7 heteroatoms. The van der Waals surface area contributed by atoms with E-state index in [0.29, 0.717) is 0 Å². The van der Waals surface area contributed by atoms with Gasteiger partial charge in [0.1, 0.15) is 5.69 Å². The Morgan fingerprint density at radius 1 is 1.30 bits per heavy atom. The maximum atomic E-state index is 11.9. The van der Waals surface area contributed by atoms with Crippen molar-refractivity contribution in [2.45, 2.75) is 20.3 Å². The van der Waals surface area contributed by atoms with Crippen LogP contribution in [0.3, 0.4) is 0 Å². The van der Waals surface area contributed by atoms with Crippen LogP contribution in [0.4, 0.5) is 11.4 Å². The van der Waals surface area contributed by atoms with E-state index in [1.807, 2.05) is 0 Å². The molecule has 1 aromatic rings. The van der Waals surface area contributed by atoms with Gasteiger partial charge in [-0.25, -0.2) is 0 Å². The second-order valence-electron chi connectivity index (χ2n) is 4.99. The zero-order chi connectivity index (χ0) is 15.0. The lowest BCUT2D eigenvalue weighted by atomic mass is 10.1. The van der Waals surface area contributed by atoms with Crippen molar-refractivity contribution in [1.29, 1.82) is 0 Å². The van der Waals surface area contributed by atoms with Crippen molar-refractivity contribution in [2.75, 3.05) is 5.32 Å². The summed E-state index contributed by atoms with van der Waals surface area (Å²) < 4.78 is 0. The average Bonchev–Trinajstić information content (AvgIpc) is 3.13. The number of nitrogens with one attached hydrogen (secondary N) is 1. The standard InChI is InChI=1S/C13H14N2O5/c1-6-3-10(11(15(19)20)4-7(6)2)14-12(16)8-5-9(8)13(17)18/h3-4,8-9H,5H2,1-2H3,(H,14,16)(H,17,18)/t8-,9+/m1/s1. The third-order valence-electron chi connectivity index (χ3n) is 3.51. The molecule has 1 fully saturated rings. The minimum Gasteiger partial charge on any atom is -0.481 e. The number of nitro groups is 1. The molecule has 106 valence electrons. The molecule has 0 aliphatic heterocycles. The van der Waals surface area contributed by atoms with Crippen LogP contribution in [0, 0.1) is 35.8 Å². The van der Waals surface area contributed by atoms with E-state index in [0.717, 1.165) is 11.1 Å². The zero-order valence-corrected chi connectivity index (χ0v) is 11.0. The number of nitro benzene ring substituents is 1. The van der Waals surface area contributed by atoms with E-state index >= 15 is 0 Å². The lowest BCUT2D eigenvalue weighted by Crippen LogP contribution is -2.17. The van der Waals surface area contributed by atoms with Crippen molar-refractivity contribution in [1.82, 2.24) is 0 Å². The Balaban J connectivity index is 2.21. The molecule has 0 radical (unpaired) electrons. The summed E-state index contributed by atoms with van der Waals surface area (Å²) in [6, 6.07) is 2.93. The van der Waals surface area contributed by atoms with Crippen LogP contribution in [0.25, 0.3) is 0 Å². The molecule has 0 saturated heterocycles. The topological polar surface area (TPSA) is 110 Å².